The van der Waals surface area contributed by atoms with Crippen LogP contribution < -0.4 is 16.0 Å². The number of nitrogens with one attached hydrogen (secondary N) is 3. The van der Waals surface area contributed by atoms with E-state index in [4.69, 9.17) is 0 Å². The molecule has 7 heteroatoms. The molecule has 0 amide bonds. The molecule has 3 aliphatic carbocycles. The van der Waals surface area contributed by atoms with Crippen molar-refractivity contribution < 1.29 is 0 Å². The molecule has 3 aliphatic rings. The Balaban J connectivity index is 1.44. The van der Waals surface area contributed by atoms with Gasteiger partial charge in [0.2, 0.25) is 0 Å². The third-order valence-corrected chi connectivity index (χ3v) is 8.41. The Morgan fingerprint density at radius 1 is 0.529 bits per heavy atom. The topological polar surface area (TPSA) is 111 Å². The van der Waals surface area contributed by atoms with Gasteiger partial charge in [-0.1, -0.05) is 38.5 Å². The van der Waals surface area contributed by atoms with Gasteiger partial charge in [-0.05, 0) is 56.3 Å². The van der Waals surface area contributed by atoms with E-state index in [2.05, 4.69) is 39.1 Å². The molecule has 3 saturated carbocycles. The first-order valence-corrected chi connectivity index (χ1v) is 13.9. The monoisotopic (exact) mass is 467 g/mol. The summed E-state index contributed by atoms with van der Waals surface area (Å²) in [4.78, 5) is 2.41. The fraction of sp³-hybridized carbons (Fsp3) is 0.889. The normalized spacial score (nSPS) is 22.4. The molecule has 3 fully saturated rings. The molecule has 34 heavy (non-hydrogen) atoms. The molecule has 0 aromatic carbocycles. The van der Waals surface area contributed by atoms with Gasteiger partial charge in [0, 0.05) is 39.3 Å². The highest BCUT2D eigenvalue weighted by Crippen LogP contribution is 2.29. The van der Waals surface area contributed by atoms with E-state index in [-0.39, 0.29) is 18.1 Å². The summed E-state index contributed by atoms with van der Waals surface area (Å²) in [5.74, 6) is 1.48. The lowest BCUT2D eigenvalue weighted by atomic mass is 9.99. The van der Waals surface area contributed by atoms with Crippen LogP contribution in [0, 0.1) is 51.7 Å². The minimum absolute atomic E-state index is 0.0451. The Bertz CT molecular complexity index is 592. The molecule has 0 radical (unpaired) electrons. The summed E-state index contributed by atoms with van der Waals surface area (Å²) in [7, 11) is 0. The Labute approximate surface area is 207 Å². The van der Waals surface area contributed by atoms with Crippen molar-refractivity contribution >= 4 is 0 Å². The summed E-state index contributed by atoms with van der Waals surface area (Å²) in [5, 5.41) is 39.3. The lowest BCUT2D eigenvalue weighted by Crippen LogP contribution is -2.46. The SMILES string of the molecule is N#CC(NCCN(CCNC(C#N)C1CCCC1)CCNC(C#N)C1CCCC1)C1CCCC1. The molecule has 3 rings (SSSR count). The number of nitrogens with zero attached hydrogens (tertiary/aromatic N) is 4. The second-order valence-electron chi connectivity index (χ2n) is 10.7. The zero-order chi connectivity index (χ0) is 24.0. The standard InChI is InChI=1S/C27H45N7/c28-19-25(22-7-1-2-8-22)31-13-16-34(17-14-32-26(20-29)23-9-3-4-10-23)18-15-33-27(21-30)24-11-5-6-12-24/h22-27,31-33H,1-18H2. The van der Waals surface area contributed by atoms with Crippen LogP contribution in [0.4, 0.5) is 0 Å². The van der Waals surface area contributed by atoms with Crippen LogP contribution in [-0.4, -0.2) is 62.3 Å². The van der Waals surface area contributed by atoms with Crippen LogP contribution in [0.25, 0.3) is 0 Å². The molecule has 0 spiro atoms. The molecule has 0 heterocycles. The number of hydrogen-bond acceptors (Lipinski definition) is 7. The van der Waals surface area contributed by atoms with Crippen LogP contribution in [0.5, 0.6) is 0 Å². The lowest BCUT2D eigenvalue weighted by Gasteiger charge is -2.27. The minimum atomic E-state index is -0.0451. The molecule has 0 saturated heterocycles. The van der Waals surface area contributed by atoms with Gasteiger partial charge in [0.25, 0.3) is 0 Å². The van der Waals surface area contributed by atoms with Crippen molar-refractivity contribution in [1.82, 2.24) is 20.9 Å². The van der Waals surface area contributed by atoms with Gasteiger partial charge >= 0.3 is 0 Å². The first-order valence-electron chi connectivity index (χ1n) is 13.9. The second-order valence-corrected chi connectivity index (χ2v) is 10.7. The molecule has 0 aliphatic heterocycles. The van der Waals surface area contributed by atoms with Gasteiger partial charge in [-0.25, -0.2) is 0 Å². The van der Waals surface area contributed by atoms with Gasteiger partial charge in [-0.2, -0.15) is 15.8 Å². The Morgan fingerprint density at radius 2 is 0.794 bits per heavy atom. The van der Waals surface area contributed by atoms with Crippen LogP contribution in [0.15, 0.2) is 0 Å². The molecule has 3 unspecified atom stereocenters. The van der Waals surface area contributed by atoms with E-state index >= 15 is 0 Å². The zero-order valence-electron chi connectivity index (χ0n) is 21.0. The van der Waals surface area contributed by atoms with Crippen molar-refractivity contribution in [3.8, 4) is 18.2 Å². The molecule has 0 aromatic heterocycles. The molecular weight excluding hydrogens is 422 g/mol. The van der Waals surface area contributed by atoms with Gasteiger partial charge in [0.15, 0.2) is 0 Å². The van der Waals surface area contributed by atoms with E-state index in [1.54, 1.807) is 0 Å². The molecule has 7 nitrogen and oxygen atoms in total. The fourth-order valence-corrected chi connectivity index (χ4v) is 6.30. The summed E-state index contributed by atoms with van der Waals surface area (Å²) >= 11 is 0. The number of nitriles is 3. The van der Waals surface area contributed by atoms with E-state index < -0.39 is 0 Å². The van der Waals surface area contributed by atoms with Crippen molar-refractivity contribution in [2.75, 3.05) is 39.3 Å². The van der Waals surface area contributed by atoms with Crippen LogP contribution in [0.1, 0.15) is 77.0 Å². The average molecular weight is 468 g/mol. The van der Waals surface area contributed by atoms with E-state index in [1.165, 1.54) is 38.5 Å². The summed E-state index contributed by atoms with van der Waals surface area (Å²) in [6, 6.07) is 7.32. The maximum Gasteiger partial charge on any atom is 0.0981 e. The maximum absolute atomic E-state index is 9.61. The highest BCUT2D eigenvalue weighted by molar-refractivity contribution is 4.98. The molecule has 3 N–H and O–H groups in total. The first kappa shape index (κ1) is 26.9. The smallest absolute Gasteiger partial charge is 0.0981 e. The Hall–Kier alpha value is -1.69. The first-order chi connectivity index (χ1) is 16.7. The van der Waals surface area contributed by atoms with Crippen molar-refractivity contribution in [1.29, 1.82) is 15.8 Å². The number of hydrogen-bond donors (Lipinski definition) is 3. The number of rotatable bonds is 15. The predicted molar refractivity (Wildman–Crippen MR) is 135 cm³/mol. The summed E-state index contributed by atoms with van der Waals surface area (Å²) in [5.41, 5.74) is 0. The summed E-state index contributed by atoms with van der Waals surface area (Å²) < 4.78 is 0. The largest absolute Gasteiger partial charge is 0.300 e. The highest BCUT2D eigenvalue weighted by Gasteiger charge is 2.26. The molecule has 0 aromatic rings. The molecule has 0 bridgehead atoms. The third kappa shape index (κ3) is 8.51. The van der Waals surface area contributed by atoms with Gasteiger partial charge < -0.3 is 16.0 Å². The van der Waals surface area contributed by atoms with Crippen molar-refractivity contribution in [2.24, 2.45) is 17.8 Å². The fourth-order valence-electron chi connectivity index (χ4n) is 6.30. The van der Waals surface area contributed by atoms with Crippen LogP contribution >= 0.6 is 0 Å². The molecule has 188 valence electrons. The summed E-state index contributed by atoms with van der Waals surface area (Å²) in [6.45, 7) is 5.00. The van der Waals surface area contributed by atoms with Gasteiger partial charge in [-0.15, -0.1) is 0 Å². The van der Waals surface area contributed by atoms with E-state index in [9.17, 15) is 15.8 Å². The van der Waals surface area contributed by atoms with Gasteiger partial charge in [0.1, 0.15) is 0 Å². The average Bonchev–Trinajstić information content (AvgIpc) is 3.65. The third-order valence-electron chi connectivity index (χ3n) is 8.41. The quantitative estimate of drug-likeness (QED) is 0.339. The van der Waals surface area contributed by atoms with E-state index in [1.807, 2.05) is 0 Å². The van der Waals surface area contributed by atoms with Crippen molar-refractivity contribution in [2.45, 2.75) is 95.2 Å². The molecule has 3 atom stereocenters. The minimum Gasteiger partial charge on any atom is -0.300 e. The highest BCUT2D eigenvalue weighted by atomic mass is 15.2. The Kier molecular flexibility index (Phi) is 12.1. The van der Waals surface area contributed by atoms with Crippen LogP contribution in [-0.2, 0) is 0 Å². The lowest BCUT2D eigenvalue weighted by molar-refractivity contribution is 0.253. The van der Waals surface area contributed by atoms with Crippen molar-refractivity contribution in [3.63, 3.8) is 0 Å². The predicted octanol–water partition coefficient (Wildman–Crippen LogP) is 3.30. The molecular formula is C27H45N7. The van der Waals surface area contributed by atoms with Crippen molar-refractivity contribution in [3.05, 3.63) is 0 Å². The Morgan fingerprint density at radius 3 is 1.03 bits per heavy atom. The second kappa shape index (κ2) is 15.3. The zero-order valence-corrected chi connectivity index (χ0v) is 21.0. The van der Waals surface area contributed by atoms with Crippen LogP contribution in [0.2, 0.25) is 0 Å². The summed E-state index contributed by atoms with van der Waals surface area (Å²) in [6.07, 6.45) is 14.5. The van der Waals surface area contributed by atoms with Gasteiger partial charge in [0.05, 0.1) is 36.3 Å². The maximum atomic E-state index is 9.61. The van der Waals surface area contributed by atoms with E-state index in [0.29, 0.717) is 17.8 Å². The van der Waals surface area contributed by atoms with Crippen LogP contribution in [0.3, 0.4) is 0 Å². The van der Waals surface area contributed by atoms with E-state index in [0.717, 1.165) is 77.8 Å². The van der Waals surface area contributed by atoms with Gasteiger partial charge in [-0.3, -0.25) is 4.90 Å².